The van der Waals surface area contributed by atoms with E-state index in [2.05, 4.69) is 29.1 Å². The number of amides is 1. The van der Waals surface area contributed by atoms with E-state index >= 15 is 0 Å². The number of rotatable bonds is 6. The number of carbonyl (C=O) groups excluding carboxylic acids is 1. The second-order valence-corrected chi connectivity index (χ2v) is 6.76. The smallest absolute Gasteiger partial charge is 0.242 e. The van der Waals surface area contributed by atoms with Gasteiger partial charge in [-0.05, 0) is 6.92 Å². The maximum atomic E-state index is 12.3. The van der Waals surface area contributed by atoms with Gasteiger partial charge in [-0.15, -0.1) is 11.3 Å². The summed E-state index contributed by atoms with van der Waals surface area (Å²) in [5.41, 5.74) is 0.996. The molecule has 3 aromatic rings. The standard InChI is InChI=1S/C16H21N5OS/c1-11(2)14-17-6-7-21(14)12(3)15(22)18-5-4-13-10-20-8-9-23-16(20)19-13/h6-12H,4-5H2,1-3H3,(H,18,22)/t12-/m1/s1. The van der Waals surface area contributed by atoms with Gasteiger partial charge in [-0.1, -0.05) is 13.8 Å². The van der Waals surface area contributed by atoms with Crippen LogP contribution >= 0.6 is 11.3 Å². The van der Waals surface area contributed by atoms with Crippen molar-refractivity contribution in [2.75, 3.05) is 6.54 Å². The average molecular weight is 331 g/mol. The molecule has 0 bridgehead atoms. The van der Waals surface area contributed by atoms with Gasteiger partial charge in [-0.25, -0.2) is 9.97 Å². The summed E-state index contributed by atoms with van der Waals surface area (Å²) in [7, 11) is 0. The molecule has 0 unspecified atom stereocenters. The Morgan fingerprint density at radius 2 is 2.17 bits per heavy atom. The van der Waals surface area contributed by atoms with E-state index in [0.29, 0.717) is 12.5 Å². The lowest BCUT2D eigenvalue weighted by Crippen LogP contribution is -2.33. The lowest BCUT2D eigenvalue weighted by atomic mass is 10.2. The second kappa shape index (κ2) is 6.54. The molecule has 0 aliphatic rings. The van der Waals surface area contributed by atoms with Gasteiger partial charge in [0.05, 0.1) is 5.69 Å². The van der Waals surface area contributed by atoms with E-state index in [-0.39, 0.29) is 11.9 Å². The predicted octanol–water partition coefficient (Wildman–Crippen LogP) is 2.64. The van der Waals surface area contributed by atoms with Crippen molar-refractivity contribution >= 4 is 22.2 Å². The van der Waals surface area contributed by atoms with Crippen molar-refractivity contribution in [3.8, 4) is 0 Å². The third-order valence-electron chi connectivity index (χ3n) is 3.84. The van der Waals surface area contributed by atoms with Gasteiger partial charge in [0.2, 0.25) is 5.91 Å². The van der Waals surface area contributed by atoms with Crippen molar-refractivity contribution in [3.05, 3.63) is 41.7 Å². The maximum absolute atomic E-state index is 12.3. The summed E-state index contributed by atoms with van der Waals surface area (Å²) in [4.78, 5) is 22.2. The fourth-order valence-corrected chi connectivity index (χ4v) is 3.30. The van der Waals surface area contributed by atoms with Gasteiger partial charge < -0.3 is 9.88 Å². The average Bonchev–Trinajstić information content (AvgIpc) is 3.21. The zero-order chi connectivity index (χ0) is 16.4. The third-order valence-corrected chi connectivity index (χ3v) is 4.61. The fraction of sp³-hybridized carbons (Fsp3) is 0.438. The van der Waals surface area contributed by atoms with Crippen molar-refractivity contribution in [1.82, 2.24) is 24.3 Å². The fourth-order valence-electron chi connectivity index (χ4n) is 2.58. The molecule has 1 atom stereocenters. The number of aromatic nitrogens is 4. The Labute approximate surface area is 139 Å². The Kier molecular flexibility index (Phi) is 4.47. The van der Waals surface area contributed by atoms with Crippen LogP contribution in [0.1, 0.15) is 44.2 Å². The Hall–Kier alpha value is -2.15. The highest BCUT2D eigenvalue weighted by atomic mass is 32.1. The van der Waals surface area contributed by atoms with E-state index in [9.17, 15) is 4.79 Å². The molecule has 122 valence electrons. The van der Waals surface area contributed by atoms with Crippen molar-refractivity contribution in [2.24, 2.45) is 0 Å². The number of thiazole rings is 1. The highest BCUT2D eigenvalue weighted by Crippen LogP contribution is 2.17. The van der Waals surface area contributed by atoms with Gasteiger partial charge in [0.15, 0.2) is 4.96 Å². The molecule has 3 heterocycles. The molecule has 23 heavy (non-hydrogen) atoms. The molecule has 3 rings (SSSR count). The van der Waals surface area contributed by atoms with Crippen LogP contribution in [-0.4, -0.2) is 31.4 Å². The maximum Gasteiger partial charge on any atom is 0.242 e. The quantitative estimate of drug-likeness (QED) is 0.755. The number of hydrogen-bond donors (Lipinski definition) is 1. The molecule has 0 fully saturated rings. The first-order chi connectivity index (χ1) is 11.1. The topological polar surface area (TPSA) is 64.2 Å². The van der Waals surface area contributed by atoms with Crippen LogP contribution in [0, 0.1) is 0 Å². The summed E-state index contributed by atoms with van der Waals surface area (Å²) >= 11 is 1.61. The molecule has 0 saturated carbocycles. The summed E-state index contributed by atoms with van der Waals surface area (Å²) in [6, 6.07) is -0.264. The Balaban J connectivity index is 1.56. The molecule has 0 spiro atoms. The van der Waals surface area contributed by atoms with Crippen LogP contribution in [0.3, 0.4) is 0 Å². The molecular formula is C16H21N5OS. The summed E-state index contributed by atoms with van der Waals surface area (Å²) in [6.45, 7) is 6.64. The van der Waals surface area contributed by atoms with E-state index in [4.69, 9.17) is 0 Å². The molecule has 0 saturated heterocycles. The molecule has 1 N–H and O–H groups in total. The summed E-state index contributed by atoms with van der Waals surface area (Å²) in [5.74, 6) is 1.23. The van der Waals surface area contributed by atoms with Crippen molar-refractivity contribution < 1.29 is 4.79 Å². The minimum atomic E-state index is -0.264. The van der Waals surface area contributed by atoms with Gasteiger partial charge in [-0.2, -0.15) is 0 Å². The summed E-state index contributed by atoms with van der Waals surface area (Å²) < 4.78 is 3.94. The molecule has 0 aliphatic carbocycles. The molecule has 6 nitrogen and oxygen atoms in total. The van der Waals surface area contributed by atoms with Crippen LogP contribution < -0.4 is 5.32 Å². The number of hydrogen-bond acceptors (Lipinski definition) is 4. The van der Waals surface area contributed by atoms with E-state index in [1.807, 2.05) is 39.9 Å². The van der Waals surface area contributed by atoms with Gasteiger partial charge in [0, 0.05) is 49.1 Å². The second-order valence-electron chi connectivity index (χ2n) is 5.89. The molecule has 0 aliphatic heterocycles. The van der Waals surface area contributed by atoms with Crippen molar-refractivity contribution in [3.63, 3.8) is 0 Å². The Morgan fingerprint density at radius 1 is 1.35 bits per heavy atom. The van der Waals surface area contributed by atoms with E-state index in [1.54, 1.807) is 17.5 Å². The van der Waals surface area contributed by atoms with E-state index < -0.39 is 0 Å². The highest BCUT2D eigenvalue weighted by Gasteiger charge is 2.18. The SMILES string of the molecule is CC(C)c1nccn1[C@H](C)C(=O)NCCc1cn2ccsc2n1. The minimum absolute atomic E-state index is 0.00548. The molecule has 0 radical (unpaired) electrons. The number of imidazole rings is 2. The van der Waals surface area contributed by atoms with E-state index in [0.717, 1.165) is 22.9 Å². The van der Waals surface area contributed by atoms with E-state index in [1.165, 1.54) is 0 Å². The highest BCUT2D eigenvalue weighted by molar-refractivity contribution is 7.15. The Bertz CT molecular complexity index is 772. The molecule has 0 aromatic carbocycles. The zero-order valence-corrected chi connectivity index (χ0v) is 14.4. The zero-order valence-electron chi connectivity index (χ0n) is 13.6. The number of nitrogens with zero attached hydrogens (tertiary/aromatic N) is 4. The predicted molar refractivity (Wildman–Crippen MR) is 90.8 cm³/mol. The molecule has 3 aromatic heterocycles. The Morgan fingerprint density at radius 3 is 2.91 bits per heavy atom. The van der Waals surface area contributed by atoms with Crippen LogP contribution in [0.25, 0.3) is 4.96 Å². The van der Waals surface area contributed by atoms with Gasteiger partial charge in [0.25, 0.3) is 0 Å². The van der Waals surface area contributed by atoms with Crippen LogP contribution in [0.2, 0.25) is 0 Å². The van der Waals surface area contributed by atoms with Crippen LogP contribution in [-0.2, 0) is 11.2 Å². The third kappa shape index (κ3) is 3.29. The first-order valence-corrected chi connectivity index (χ1v) is 8.65. The normalized spacial score (nSPS) is 12.9. The van der Waals surface area contributed by atoms with Gasteiger partial charge in [-0.3, -0.25) is 9.20 Å². The van der Waals surface area contributed by atoms with Crippen LogP contribution in [0.15, 0.2) is 30.2 Å². The molecular weight excluding hydrogens is 310 g/mol. The monoisotopic (exact) mass is 331 g/mol. The van der Waals surface area contributed by atoms with Gasteiger partial charge in [0.1, 0.15) is 11.9 Å². The molecule has 7 heteroatoms. The van der Waals surface area contributed by atoms with Crippen LogP contribution in [0.5, 0.6) is 0 Å². The first-order valence-electron chi connectivity index (χ1n) is 7.77. The van der Waals surface area contributed by atoms with Crippen LogP contribution in [0.4, 0.5) is 0 Å². The minimum Gasteiger partial charge on any atom is -0.354 e. The summed E-state index contributed by atoms with van der Waals surface area (Å²) in [6.07, 6.45) is 8.34. The van der Waals surface area contributed by atoms with Gasteiger partial charge >= 0.3 is 0 Å². The molecule has 1 amide bonds. The largest absolute Gasteiger partial charge is 0.354 e. The van der Waals surface area contributed by atoms with Crippen molar-refractivity contribution in [2.45, 2.75) is 39.2 Å². The number of fused-ring (bicyclic) bond motifs is 1. The summed E-state index contributed by atoms with van der Waals surface area (Å²) in [5, 5.41) is 5.00. The lowest BCUT2D eigenvalue weighted by molar-refractivity contribution is -0.123. The number of nitrogens with one attached hydrogen (secondary N) is 1. The number of carbonyl (C=O) groups is 1. The first kappa shape index (κ1) is 15.7. The lowest BCUT2D eigenvalue weighted by Gasteiger charge is -2.17. The van der Waals surface area contributed by atoms with Crippen molar-refractivity contribution in [1.29, 1.82) is 0 Å².